The van der Waals surface area contributed by atoms with Crippen molar-refractivity contribution in [1.82, 2.24) is 10.2 Å². The highest BCUT2D eigenvalue weighted by atomic mass is 35.5. The molecule has 16 heteroatoms. The van der Waals surface area contributed by atoms with Crippen molar-refractivity contribution in [2.75, 3.05) is 20.7 Å². The van der Waals surface area contributed by atoms with Gasteiger partial charge in [0, 0.05) is 34.1 Å². The number of carbonyl (C=O) groups is 4. The number of fused-ring (bicyclic) bond motifs is 1. The Morgan fingerprint density at radius 2 is 1.70 bits per heavy atom. The number of ketones is 2. The minimum Gasteiger partial charge on any atom is -0.458 e. The molecule has 2 N–H and O–H groups in total. The Labute approximate surface area is 347 Å². The molecule has 314 valence electrons. The van der Waals surface area contributed by atoms with Gasteiger partial charge in [-0.2, -0.15) is 0 Å². The number of aliphatic hydroxyl groups is 1. The lowest BCUT2D eigenvalue weighted by atomic mass is 9.72. The molecule has 12 nitrogen and oxygen atoms in total. The first-order valence-electron chi connectivity index (χ1n) is 19.2. The molecule has 0 aromatic carbocycles. The maximum absolute atomic E-state index is 17.5. The van der Waals surface area contributed by atoms with Crippen LogP contribution in [0.5, 0.6) is 0 Å². The second-order valence-corrected chi connectivity index (χ2v) is 19.1. The number of esters is 1. The lowest BCUT2D eigenvalue weighted by molar-refractivity contribution is -0.297. The molecular weight excluding hydrogens is 799 g/mol. The highest BCUT2D eigenvalue weighted by Gasteiger charge is 2.59. The second-order valence-electron chi connectivity index (χ2n) is 16.3. The first-order valence-corrected chi connectivity index (χ1v) is 21.2. The van der Waals surface area contributed by atoms with Crippen LogP contribution in [0.25, 0.3) is 9.75 Å². The number of ether oxygens (including phenoxy) is 5. The van der Waals surface area contributed by atoms with Gasteiger partial charge in [-0.05, 0) is 85.8 Å². The van der Waals surface area contributed by atoms with Gasteiger partial charge in [0.25, 0.3) is 0 Å². The smallest absolute Gasteiger partial charge is 0.408 e. The molecule has 0 spiro atoms. The molecule has 0 radical (unpaired) electrons. The Morgan fingerprint density at radius 3 is 2.33 bits per heavy atom. The van der Waals surface area contributed by atoms with E-state index < -0.39 is 101 Å². The Bertz CT molecular complexity index is 1880. The molecule has 2 aromatic rings. The van der Waals surface area contributed by atoms with Crippen molar-refractivity contribution < 1.29 is 52.4 Å². The van der Waals surface area contributed by atoms with Crippen LogP contribution in [0.2, 0.25) is 4.34 Å². The summed E-state index contributed by atoms with van der Waals surface area (Å²) >= 11 is 9.04. The second kappa shape index (κ2) is 17.7. The number of aliphatic hydroxyl groups excluding tert-OH is 1. The summed E-state index contributed by atoms with van der Waals surface area (Å²) in [4.78, 5) is 59.8. The Balaban J connectivity index is 1.58. The highest BCUT2D eigenvalue weighted by Crippen LogP contribution is 2.43. The number of Topliss-reactive ketones (excluding diaryl/α,β-unsaturated/α-hetero) is 2. The molecule has 0 unspecified atom stereocenters. The zero-order chi connectivity index (χ0) is 42.2. The van der Waals surface area contributed by atoms with Gasteiger partial charge in [0.2, 0.25) is 0 Å². The normalized spacial score (nSPS) is 38.1. The Kier molecular flexibility index (Phi) is 14.0. The molecule has 3 saturated heterocycles. The van der Waals surface area contributed by atoms with Gasteiger partial charge in [-0.1, -0.05) is 44.2 Å². The average molecular weight is 853 g/mol. The molecule has 3 fully saturated rings. The van der Waals surface area contributed by atoms with Gasteiger partial charge in [-0.15, -0.1) is 22.7 Å². The fourth-order valence-electron chi connectivity index (χ4n) is 8.46. The monoisotopic (exact) mass is 852 g/mol. The number of alkyl carbamates (subject to hydrolysis) is 1. The summed E-state index contributed by atoms with van der Waals surface area (Å²) in [5.74, 6) is -0.0397. The molecule has 13 atom stereocenters. The molecule has 3 aliphatic rings. The molecule has 5 heterocycles. The van der Waals surface area contributed by atoms with Crippen LogP contribution in [-0.2, 0) is 38.1 Å². The summed E-state index contributed by atoms with van der Waals surface area (Å²) in [7, 11) is 3.63. The number of carbonyl (C=O) groups excluding carboxylic acids is 4. The van der Waals surface area contributed by atoms with E-state index in [1.54, 1.807) is 6.92 Å². The number of amides is 1. The van der Waals surface area contributed by atoms with Crippen molar-refractivity contribution in [2.24, 2.45) is 17.8 Å². The number of nitrogens with zero attached hydrogens (tertiary/aromatic N) is 1. The fraction of sp³-hybridized carbons (Fsp3) is 0.659. The van der Waals surface area contributed by atoms with Crippen LogP contribution in [0.4, 0.5) is 9.18 Å². The van der Waals surface area contributed by atoms with Crippen LogP contribution in [0.3, 0.4) is 0 Å². The topological polar surface area (TPSA) is 150 Å². The van der Waals surface area contributed by atoms with E-state index in [1.165, 1.54) is 57.3 Å². The third-order valence-electron chi connectivity index (χ3n) is 11.5. The summed E-state index contributed by atoms with van der Waals surface area (Å²) in [6, 6.07) is 6.06. The number of rotatable bonds is 7. The third-order valence-corrected chi connectivity index (χ3v) is 14.0. The van der Waals surface area contributed by atoms with Crippen LogP contribution in [0.15, 0.2) is 24.3 Å². The van der Waals surface area contributed by atoms with E-state index >= 15 is 4.39 Å². The number of hydrogen-bond acceptors (Lipinski definition) is 13. The van der Waals surface area contributed by atoms with Crippen molar-refractivity contribution in [3.8, 4) is 21.6 Å². The summed E-state index contributed by atoms with van der Waals surface area (Å²) in [5.41, 5.74) is -6.03. The number of halogens is 2. The van der Waals surface area contributed by atoms with E-state index in [-0.39, 0.29) is 19.1 Å². The van der Waals surface area contributed by atoms with Crippen LogP contribution in [0.1, 0.15) is 79.5 Å². The first-order chi connectivity index (χ1) is 26.6. The molecule has 3 aliphatic heterocycles. The van der Waals surface area contributed by atoms with Gasteiger partial charge < -0.3 is 39.0 Å². The Hall–Kier alpha value is -2.94. The van der Waals surface area contributed by atoms with Crippen LogP contribution in [0, 0.1) is 29.6 Å². The first kappa shape index (κ1) is 45.1. The van der Waals surface area contributed by atoms with E-state index in [0.29, 0.717) is 10.8 Å². The summed E-state index contributed by atoms with van der Waals surface area (Å²) < 4.78 is 48.9. The van der Waals surface area contributed by atoms with Crippen LogP contribution < -0.4 is 5.32 Å². The van der Waals surface area contributed by atoms with Crippen LogP contribution >= 0.6 is 34.3 Å². The van der Waals surface area contributed by atoms with Crippen molar-refractivity contribution in [3.05, 3.63) is 33.5 Å². The van der Waals surface area contributed by atoms with Gasteiger partial charge in [-0.25, -0.2) is 9.18 Å². The molecule has 0 aliphatic carbocycles. The number of hydrogen-bond donors (Lipinski definition) is 2. The molecule has 57 heavy (non-hydrogen) atoms. The van der Waals surface area contributed by atoms with Crippen LogP contribution in [-0.4, -0.2) is 114 Å². The SMILES string of the molecule is CC[C@H]1OC(=O)[C@H](C)C(=O)[C@H](C)[C@@H](O[C@@H]2O[C@H](C)C[C@H](N(C)C)[C@H]2O)[C@](C)(OCC#Cc2ccc(-c3ccc(Cl)s3)s2)C[C@](C)(F)C(=O)[C@H](C)[C@@H]2NC(=O)O[C@]12C. The van der Waals surface area contributed by atoms with Gasteiger partial charge in [0.05, 0.1) is 33.1 Å². The van der Waals surface area contributed by atoms with Crippen molar-refractivity contribution >= 4 is 57.9 Å². The lowest BCUT2D eigenvalue weighted by Gasteiger charge is -2.47. The van der Waals surface area contributed by atoms with E-state index in [2.05, 4.69) is 17.2 Å². The summed E-state index contributed by atoms with van der Waals surface area (Å²) in [6.45, 7) is 11.9. The quantitative estimate of drug-likeness (QED) is 0.180. The van der Waals surface area contributed by atoms with Gasteiger partial charge in [0.1, 0.15) is 24.7 Å². The third kappa shape index (κ3) is 9.60. The van der Waals surface area contributed by atoms with E-state index in [4.69, 9.17) is 35.3 Å². The zero-order valence-electron chi connectivity index (χ0n) is 34.1. The minimum atomic E-state index is -2.65. The van der Waals surface area contributed by atoms with Crippen molar-refractivity contribution in [2.45, 2.75) is 134 Å². The molecule has 2 aromatic heterocycles. The molecule has 5 rings (SSSR count). The van der Waals surface area contributed by atoms with Gasteiger partial charge in [-0.3, -0.25) is 14.4 Å². The van der Waals surface area contributed by atoms with E-state index in [1.807, 2.05) is 50.2 Å². The predicted molar refractivity (Wildman–Crippen MR) is 215 cm³/mol. The predicted octanol–water partition coefficient (Wildman–Crippen LogP) is 6.44. The van der Waals surface area contributed by atoms with Crippen molar-refractivity contribution in [1.29, 1.82) is 0 Å². The number of nitrogens with one attached hydrogen (secondary N) is 1. The number of thiophene rings is 2. The largest absolute Gasteiger partial charge is 0.458 e. The summed E-state index contributed by atoms with van der Waals surface area (Å²) in [5, 5.41) is 14.2. The zero-order valence-corrected chi connectivity index (χ0v) is 36.4. The maximum atomic E-state index is 17.5. The number of alkyl halides is 1. The Morgan fingerprint density at radius 1 is 1.04 bits per heavy atom. The fourth-order valence-corrected chi connectivity index (χ4v) is 10.5. The molecule has 0 saturated carbocycles. The molecule has 0 bridgehead atoms. The van der Waals surface area contributed by atoms with Gasteiger partial charge in [0.15, 0.2) is 29.1 Å². The average Bonchev–Trinajstić information content (AvgIpc) is 3.88. The highest BCUT2D eigenvalue weighted by molar-refractivity contribution is 7.24. The summed E-state index contributed by atoms with van der Waals surface area (Å²) in [6.07, 6.45) is -6.20. The number of cyclic esters (lactones) is 1. The van der Waals surface area contributed by atoms with E-state index in [9.17, 15) is 24.3 Å². The number of likely N-dealkylation sites (N-methyl/N-ethyl adjacent to an activating group) is 1. The maximum Gasteiger partial charge on any atom is 0.408 e. The van der Waals surface area contributed by atoms with Gasteiger partial charge >= 0.3 is 12.1 Å². The minimum absolute atomic E-state index is 0.161. The van der Waals surface area contributed by atoms with Crippen molar-refractivity contribution in [3.63, 3.8) is 0 Å². The van der Waals surface area contributed by atoms with E-state index in [0.717, 1.165) is 21.6 Å². The lowest BCUT2D eigenvalue weighted by Crippen LogP contribution is -2.62. The molecular formula is C41H54ClFN2O10S2. The standard InChI is InChI=1S/C41H54ClFN2O10S2/c1-11-29-41(8)33(44-38(50)55-41)24(5)34(48)39(6,43)20-40(7,51-18-12-13-25-14-15-27(56-25)28-16-17-30(42)57-28)35(22(3)31(46)23(4)36(49)53-29)54-37-32(47)26(45(9)10)19-21(2)52-37/h14-17,21-24,26,29,32-33,35,37,47H,11,18-20H2,1-10H3,(H,44,50)/t21-,22+,23-,24-,26+,29-,32-,33+,35-,37+,39+,40-,41-/m1/s1. The molecule has 1 amide bonds.